The van der Waals surface area contributed by atoms with Crippen molar-refractivity contribution in [2.24, 2.45) is 7.05 Å². The van der Waals surface area contributed by atoms with Crippen LogP contribution in [-0.4, -0.2) is 48.4 Å². The number of aryl methyl sites for hydroxylation is 1. The van der Waals surface area contributed by atoms with Crippen molar-refractivity contribution in [1.29, 1.82) is 0 Å². The minimum atomic E-state index is -0.0200. The highest BCUT2D eigenvalue weighted by molar-refractivity contribution is 7.17. The molecule has 0 radical (unpaired) electrons. The number of hydrogen-bond donors (Lipinski definition) is 1. The van der Waals surface area contributed by atoms with E-state index in [0.717, 1.165) is 42.0 Å². The summed E-state index contributed by atoms with van der Waals surface area (Å²) in [6, 6.07) is 2.46. The van der Waals surface area contributed by atoms with Gasteiger partial charge in [0.15, 0.2) is 5.82 Å². The van der Waals surface area contributed by atoms with E-state index in [4.69, 9.17) is 5.11 Å². The summed E-state index contributed by atoms with van der Waals surface area (Å²) in [4.78, 5) is 14.8. The van der Waals surface area contributed by atoms with Gasteiger partial charge in [0, 0.05) is 19.7 Å². The van der Waals surface area contributed by atoms with E-state index in [0.29, 0.717) is 11.8 Å². The third kappa shape index (κ3) is 2.45. The van der Waals surface area contributed by atoms with Gasteiger partial charge in [0.05, 0.1) is 12.1 Å². The molecule has 0 spiro atoms. The second-order valence-electron chi connectivity index (χ2n) is 6.38. The maximum absolute atomic E-state index is 12.4. The van der Waals surface area contributed by atoms with Gasteiger partial charge in [-0.05, 0) is 43.7 Å². The first-order chi connectivity index (χ1) is 11.7. The predicted octanol–water partition coefficient (Wildman–Crippen LogP) is 1.38. The molecule has 1 aliphatic heterocycles. The highest BCUT2D eigenvalue weighted by atomic mass is 32.1. The fourth-order valence-corrected chi connectivity index (χ4v) is 4.54. The molecule has 1 atom stereocenters. The molecule has 0 saturated carbocycles. The summed E-state index contributed by atoms with van der Waals surface area (Å²) in [5.41, 5.74) is 0.873. The van der Waals surface area contributed by atoms with Crippen molar-refractivity contribution >= 4 is 27.3 Å². The molecule has 0 bridgehead atoms. The van der Waals surface area contributed by atoms with Crippen molar-refractivity contribution in [2.75, 3.05) is 13.2 Å². The van der Waals surface area contributed by atoms with Crippen molar-refractivity contribution in [3.63, 3.8) is 0 Å². The van der Waals surface area contributed by atoms with Crippen molar-refractivity contribution < 1.29 is 5.11 Å². The molecule has 0 amide bonds. The fraction of sp³-hybridized carbons (Fsp3) is 0.562. The molecule has 1 aliphatic rings. The molecule has 4 heterocycles. The summed E-state index contributed by atoms with van der Waals surface area (Å²) >= 11 is 1.46. The molecule has 1 saturated heterocycles. The molecule has 1 unspecified atom stereocenters. The molecule has 4 rings (SSSR count). The molecule has 128 valence electrons. The van der Waals surface area contributed by atoms with Crippen LogP contribution >= 0.6 is 11.3 Å². The van der Waals surface area contributed by atoms with Crippen LogP contribution in [0.2, 0.25) is 0 Å². The lowest BCUT2D eigenvalue weighted by Crippen LogP contribution is -2.30. The number of nitrogens with zero attached hydrogens (tertiary/aromatic N) is 5. The Morgan fingerprint density at radius 3 is 3.12 bits per heavy atom. The molecule has 7 nitrogen and oxygen atoms in total. The molecular formula is C16H21N5O2S. The molecule has 24 heavy (non-hydrogen) atoms. The summed E-state index contributed by atoms with van der Waals surface area (Å²) in [6.07, 6.45) is 4.20. The highest BCUT2D eigenvalue weighted by Crippen LogP contribution is 2.25. The lowest BCUT2D eigenvalue weighted by atomic mass is 10.1. The molecule has 3 aromatic rings. The van der Waals surface area contributed by atoms with Crippen LogP contribution in [0.3, 0.4) is 0 Å². The van der Waals surface area contributed by atoms with Crippen LogP contribution in [0.1, 0.15) is 31.5 Å². The quantitative estimate of drug-likeness (QED) is 0.755. The van der Waals surface area contributed by atoms with Crippen LogP contribution in [0.4, 0.5) is 0 Å². The largest absolute Gasteiger partial charge is 0.396 e. The number of aromatic nitrogens is 4. The zero-order valence-corrected chi connectivity index (χ0v) is 14.5. The monoisotopic (exact) mass is 347 g/mol. The zero-order valence-electron chi connectivity index (χ0n) is 13.7. The summed E-state index contributed by atoms with van der Waals surface area (Å²) in [7, 11) is 1.75. The van der Waals surface area contributed by atoms with Crippen LogP contribution in [0, 0.1) is 0 Å². The Bertz CT molecular complexity index is 928. The number of hydrogen-bond acceptors (Lipinski definition) is 6. The summed E-state index contributed by atoms with van der Waals surface area (Å²) in [5, 5.41) is 19.6. The Morgan fingerprint density at radius 2 is 2.29 bits per heavy atom. The first kappa shape index (κ1) is 15.7. The van der Waals surface area contributed by atoms with Gasteiger partial charge < -0.3 is 5.11 Å². The van der Waals surface area contributed by atoms with Gasteiger partial charge >= 0.3 is 0 Å². The third-order valence-electron chi connectivity index (χ3n) is 4.94. The van der Waals surface area contributed by atoms with E-state index in [-0.39, 0.29) is 12.2 Å². The SMILES string of the molecule is Cn1c(=O)c2sccc2n2c(CN3CCCC3CCCO)nnc12. The zero-order chi connectivity index (χ0) is 16.7. The topological polar surface area (TPSA) is 75.7 Å². The van der Waals surface area contributed by atoms with Crippen LogP contribution < -0.4 is 5.56 Å². The van der Waals surface area contributed by atoms with Gasteiger partial charge in [-0.1, -0.05) is 0 Å². The third-order valence-corrected chi connectivity index (χ3v) is 5.83. The first-order valence-corrected chi connectivity index (χ1v) is 9.24. The molecule has 8 heteroatoms. The van der Waals surface area contributed by atoms with Gasteiger partial charge in [-0.2, -0.15) is 0 Å². The second-order valence-corrected chi connectivity index (χ2v) is 7.30. The lowest BCUT2D eigenvalue weighted by Gasteiger charge is -2.23. The van der Waals surface area contributed by atoms with Crippen molar-refractivity contribution in [1.82, 2.24) is 24.1 Å². The van der Waals surface area contributed by atoms with Gasteiger partial charge in [-0.15, -0.1) is 21.5 Å². The average Bonchev–Trinajstić information content (AvgIpc) is 3.30. The van der Waals surface area contributed by atoms with Crippen LogP contribution in [0.25, 0.3) is 16.0 Å². The number of rotatable bonds is 5. The fourth-order valence-electron chi connectivity index (χ4n) is 3.69. The number of thiophene rings is 1. The van der Waals surface area contributed by atoms with Gasteiger partial charge in [0.2, 0.25) is 5.78 Å². The standard InChI is InChI=1S/C16H21N5O2S/c1-19-15(23)14-12(6-9-24-14)21-13(17-18-16(19)21)10-20-7-2-4-11(20)5-3-8-22/h6,9,11,22H,2-5,7-8,10H2,1H3. The van der Waals surface area contributed by atoms with Gasteiger partial charge in [-0.3, -0.25) is 18.7 Å². The van der Waals surface area contributed by atoms with E-state index in [1.54, 1.807) is 11.6 Å². The lowest BCUT2D eigenvalue weighted by molar-refractivity contribution is 0.206. The Morgan fingerprint density at radius 1 is 1.42 bits per heavy atom. The molecule has 1 fully saturated rings. The molecule has 3 aromatic heterocycles. The number of fused-ring (bicyclic) bond motifs is 3. The van der Waals surface area contributed by atoms with Gasteiger partial charge in [0.1, 0.15) is 4.70 Å². The molecule has 0 aliphatic carbocycles. The van der Waals surface area contributed by atoms with Crippen LogP contribution in [0.5, 0.6) is 0 Å². The normalized spacial score (nSPS) is 19.0. The minimum absolute atomic E-state index is 0.0200. The summed E-state index contributed by atoms with van der Waals surface area (Å²) in [6.45, 7) is 2.01. The van der Waals surface area contributed by atoms with E-state index >= 15 is 0 Å². The Hall–Kier alpha value is -1.77. The summed E-state index contributed by atoms with van der Waals surface area (Å²) in [5.74, 6) is 1.46. The van der Waals surface area contributed by atoms with Gasteiger partial charge in [0.25, 0.3) is 5.56 Å². The van der Waals surface area contributed by atoms with E-state index in [9.17, 15) is 4.79 Å². The maximum atomic E-state index is 12.4. The Balaban J connectivity index is 1.74. The molecule has 0 aromatic carbocycles. The molecular weight excluding hydrogens is 326 g/mol. The maximum Gasteiger partial charge on any atom is 0.272 e. The van der Waals surface area contributed by atoms with E-state index in [1.165, 1.54) is 24.2 Å². The van der Waals surface area contributed by atoms with Crippen molar-refractivity contribution in [2.45, 2.75) is 38.3 Å². The van der Waals surface area contributed by atoms with E-state index in [2.05, 4.69) is 15.1 Å². The van der Waals surface area contributed by atoms with Gasteiger partial charge in [-0.25, -0.2) is 0 Å². The second kappa shape index (κ2) is 6.27. The highest BCUT2D eigenvalue weighted by Gasteiger charge is 2.26. The number of likely N-dealkylation sites (tertiary alicyclic amines) is 1. The number of aliphatic hydroxyl groups is 1. The van der Waals surface area contributed by atoms with E-state index in [1.807, 2.05) is 15.8 Å². The first-order valence-electron chi connectivity index (χ1n) is 8.36. The summed E-state index contributed by atoms with van der Waals surface area (Å²) < 4.78 is 4.32. The number of aliphatic hydroxyl groups excluding tert-OH is 1. The van der Waals surface area contributed by atoms with Crippen molar-refractivity contribution in [3.05, 3.63) is 27.6 Å². The molecule has 1 N–H and O–H groups in total. The van der Waals surface area contributed by atoms with Crippen molar-refractivity contribution in [3.8, 4) is 0 Å². The van der Waals surface area contributed by atoms with Crippen LogP contribution in [0.15, 0.2) is 16.2 Å². The Kier molecular flexibility index (Phi) is 4.11. The average molecular weight is 347 g/mol. The van der Waals surface area contributed by atoms with Crippen LogP contribution in [-0.2, 0) is 13.6 Å². The Labute approximate surface area is 143 Å². The predicted molar refractivity (Wildman–Crippen MR) is 93.4 cm³/mol. The smallest absolute Gasteiger partial charge is 0.272 e. The minimum Gasteiger partial charge on any atom is -0.396 e. The van der Waals surface area contributed by atoms with E-state index < -0.39 is 0 Å².